The average molecular weight is 420 g/mol. The lowest BCUT2D eigenvalue weighted by Crippen LogP contribution is -2.30. The summed E-state index contributed by atoms with van der Waals surface area (Å²) >= 11 is 7.04. The van der Waals surface area contributed by atoms with Crippen molar-refractivity contribution < 1.29 is 14.3 Å². The minimum Gasteiger partial charge on any atom is -0.462 e. The largest absolute Gasteiger partial charge is 0.462 e. The maximum atomic E-state index is 13.0. The van der Waals surface area contributed by atoms with Crippen molar-refractivity contribution in [3.63, 3.8) is 0 Å². The number of benzene rings is 1. The van der Waals surface area contributed by atoms with Crippen molar-refractivity contribution in [1.29, 1.82) is 0 Å². The number of carbonyl (C=O) groups is 2. The Morgan fingerprint density at radius 3 is 2.75 bits per heavy atom. The zero-order valence-electron chi connectivity index (χ0n) is 15.5. The van der Waals surface area contributed by atoms with E-state index in [2.05, 4.69) is 10.3 Å². The van der Waals surface area contributed by atoms with Gasteiger partial charge in [-0.15, -0.1) is 11.3 Å². The molecule has 3 aromatic rings. The van der Waals surface area contributed by atoms with Crippen LogP contribution in [0.2, 0.25) is 5.02 Å². The van der Waals surface area contributed by atoms with Crippen molar-refractivity contribution in [1.82, 2.24) is 9.55 Å². The van der Waals surface area contributed by atoms with E-state index >= 15 is 0 Å². The van der Waals surface area contributed by atoms with Crippen molar-refractivity contribution in [2.75, 3.05) is 11.9 Å². The van der Waals surface area contributed by atoms with E-state index in [1.807, 2.05) is 0 Å². The Morgan fingerprint density at radius 1 is 1.32 bits per heavy atom. The fourth-order valence-electron chi connectivity index (χ4n) is 2.81. The molecular weight excluding hydrogens is 402 g/mol. The molecule has 1 aromatic carbocycles. The molecule has 9 heteroatoms. The van der Waals surface area contributed by atoms with Crippen LogP contribution in [-0.4, -0.2) is 28.0 Å². The van der Waals surface area contributed by atoms with Crippen molar-refractivity contribution in [2.24, 2.45) is 0 Å². The third-order valence-electron chi connectivity index (χ3n) is 4.11. The summed E-state index contributed by atoms with van der Waals surface area (Å²) in [5, 5.41) is 3.53. The first-order valence-electron chi connectivity index (χ1n) is 8.55. The van der Waals surface area contributed by atoms with Gasteiger partial charge in [0.25, 0.3) is 5.56 Å². The number of aryl methyl sites for hydroxylation is 2. The maximum absolute atomic E-state index is 13.0. The predicted molar refractivity (Wildman–Crippen MR) is 109 cm³/mol. The molecule has 0 fully saturated rings. The lowest BCUT2D eigenvalue weighted by Gasteiger charge is -2.10. The summed E-state index contributed by atoms with van der Waals surface area (Å²) < 4.78 is 6.33. The molecule has 146 valence electrons. The average Bonchev–Trinajstić information content (AvgIpc) is 2.95. The van der Waals surface area contributed by atoms with Crippen LogP contribution in [0.15, 0.2) is 29.1 Å². The molecule has 1 N–H and O–H groups in total. The molecule has 0 radical (unpaired) electrons. The number of esters is 1. The second-order valence-electron chi connectivity index (χ2n) is 6.07. The van der Waals surface area contributed by atoms with E-state index in [1.165, 1.54) is 4.57 Å². The number of fused-ring (bicyclic) bond motifs is 1. The summed E-state index contributed by atoms with van der Waals surface area (Å²) in [7, 11) is 0. The van der Waals surface area contributed by atoms with E-state index in [0.29, 0.717) is 37.2 Å². The second kappa shape index (κ2) is 8.12. The zero-order chi connectivity index (χ0) is 20.4. The van der Waals surface area contributed by atoms with Crippen molar-refractivity contribution in [3.05, 3.63) is 55.9 Å². The van der Waals surface area contributed by atoms with Gasteiger partial charge >= 0.3 is 5.97 Å². The van der Waals surface area contributed by atoms with Crippen LogP contribution in [0.4, 0.5) is 5.69 Å². The van der Waals surface area contributed by atoms with Gasteiger partial charge in [-0.3, -0.25) is 14.2 Å². The minimum absolute atomic E-state index is 0.204. The van der Waals surface area contributed by atoms with Gasteiger partial charge in [-0.2, -0.15) is 0 Å². The van der Waals surface area contributed by atoms with E-state index in [1.54, 1.807) is 45.0 Å². The molecule has 0 bridgehead atoms. The smallest absolute Gasteiger partial charge is 0.348 e. The first-order valence-corrected chi connectivity index (χ1v) is 9.74. The molecule has 0 saturated carbocycles. The number of hydrogen-bond donors (Lipinski definition) is 1. The van der Waals surface area contributed by atoms with E-state index in [0.717, 1.165) is 11.3 Å². The second-order valence-corrected chi connectivity index (χ2v) is 7.50. The van der Waals surface area contributed by atoms with Crippen LogP contribution in [0.3, 0.4) is 0 Å². The molecule has 0 spiro atoms. The van der Waals surface area contributed by atoms with E-state index in [9.17, 15) is 14.4 Å². The maximum Gasteiger partial charge on any atom is 0.348 e. The summed E-state index contributed by atoms with van der Waals surface area (Å²) in [6.07, 6.45) is 0. The molecule has 0 atom stereocenters. The minimum atomic E-state index is -0.481. The molecule has 0 aliphatic rings. The summed E-state index contributed by atoms with van der Waals surface area (Å²) in [6.45, 7) is 5.08. The highest BCUT2D eigenvalue weighted by Gasteiger charge is 2.22. The summed E-state index contributed by atoms with van der Waals surface area (Å²) in [5.41, 5.74) is 0.682. The molecule has 7 nitrogen and oxygen atoms in total. The van der Waals surface area contributed by atoms with Gasteiger partial charge in [-0.05, 0) is 44.5 Å². The molecule has 2 heterocycles. The Balaban J connectivity index is 1.95. The number of thiophene rings is 1. The van der Waals surface area contributed by atoms with Gasteiger partial charge in [0.1, 0.15) is 22.1 Å². The molecule has 0 aliphatic carbocycles. The highest BCUT2D eigenvalue weighted by atomic mass is 35.5. The van der Waals surface area contributed by atoms with Gasteiger partial charge in [-0.25, -0.2) is 9.78 Å². The van der Waals surface area contributed by atoms with Gasteiger partial charge in [0, 0.05) is 10.7 Å². The van der Waals surface area contributed by atoms with Crippen molar-refractivity contribution in [2.45, 2.75) is 27.3 Å². The molecule has 2 aromatic heterocycles. The quantitative estimate of drug-likeness (QED) is 0.639. The molecule has 0 unspecified atom stereocenters. The fourth-order valence-corrected chi connectivity index (χ4v) is 4.11. The number of amides is 1. The third-order valence-corrected chi connectivity index (χ3v) is 5.51. The Labute approximate surface area is 169 Å². The van der Waals surface area contributed by atoms with Crippen LogP contribution in [0, 0.1) is 13.8 Å². The fraction of sp³-hybridized carbons (Fsp3) is 0.263. The number of aromatic nitrogens is 2. The Hall–Kier alpha value is -2.71. The van der Waals surface area contributed by atoms with Crippen LogP contribution in [0.1, 0.15) is 28.0 Å². The number of rotatable bonds is 5. The van der Waals surface area contributed by atoms with Crippen molar-refractivity contribution in [3.8, 4) is 0 Å². The monoisotopic (exact) mass is 419 g/mol. The SMILES string of the molecule is CCOC(=O)c1sc2nc(C)n(CC(=O)Nc3cccc(Cl)c3)c(=O)c2c1C. The zero-order valence-corrected chi connectivity index (χ0v) is 17.1. The van der Waals surface area contributed by atoms with Crippen LogP contribution in [-0.2, 0) is 16.1 Å². The van der Waals surface area contributed by atoms with Gasteiger partial charge in [0.2, 0.25) is 5.91 Å². The molecule has 0 saturated heterocycles. The standard InChI is InChI=1S/C19H18ClN3O4S/c1-4-27-19(26)16-10(2)15-17(28-16)21-11(3)23(18(15)25)9-14(24)22-13-7-5-6-12(20)8-13/h5-8H,4,9H2,1-3H3,(H,22,24). The summed E-state index contributed by atoms with van der Waals surface area (Å²) in [5.74, 6) is -0.479. The van der Waals surface area contributed by atoms with Crippen molar-refractivity contribution >= 4 is 50.7 Å². The molecule has 3 rings (SSSR count). The lowest BCUT2D eigenvalue weighted by molar-refractivity contribution is -0.116. The molecule has 0 aliphatic heterocycles. The Kier molecular flexibility index (Phi) is 5.81. The lowest BCUT2D eigenvalue weighted by atomic mass is 10.2. The normalized spacial score (nSPS) is 10.9. The summed E-state index contributed by atoms with van der Waals surface area (Å²) in [4.78, 5) is 42.7. The first kappa shape index (κ1) is 20.0. The number of anilines is 1. The number of hydrogen-bond acceptors (Lipinski definition) is 6. The van der Waals surface area contributed by atoms with Crippen LogP contribution in [0.25, 0.3) is 10.2 Å². The predicted octanol–water partition coefficient (Wildman–Crippen LogP) is 3.54. The molecule has 28 heavy (non-hydrogen) atoms. The number of carbonyl (C=O) groups excluding carboxylic acids is 2. The Morgan fingerprint density at radius 2 is 2.07 bits per heavy atom. The number of ether oxygens (including phenoxy) is 1. The van der Waals surface area contributed by atoms with Gasteiger partial charge < -0.3 is 10.1 Å². The number of halogens is 1. The first-order chi connectivity index (χ1) is 13.3. The number of nitrogens with one attached hydrogen (secondary N) is 1. The van der Waals surface area contributed by atoms with Gasteiger partial charge in [-0.1, -0.05) is 17.7 Å². The topological polar surface area (TPSA) is 90.3 Å². The van der Waals surface area contributed by atoms with Crippen LogP contribution < -0.4 is 10.9 Å². The highest BCUT2D eigenvalue weighted by molar-refractivity contribution is 7.20. The third kappa shape index (κ3) is 3.93. The van der Waals surface area contributed by atoms with E-state index < -0.39 is 5.97 Å². The molecular formula is C19H18ClN3O4S. The van der Waals surface area contributed by atoms with Gasteiger partial charge in [0.15, 0.2) is 0 Å². The number of nitrogens with zero attached hydrogens (tertiary/aromatic N) is 2. The van der Waals surface area contributed by atoms with Crippen LogP contribution in [0.5, 0.6) is 0 Å². The van der Waals surface area contributed by atoms with E-state index in [4.69, 9.17) is 16.3 Å². The van der Waals surface area contributed by atoms with E-state index in [-0.39, 0.29) is 24.6 Å². The van der Waals surface area contributed by atoms with Gasteiger partial charge in [0.05, 0.1) is 12.0 Å². The van der Waals surface area contributed by atoms with Crippen LogP contribution >= 0.6 is 22.9 Å². The Bertz CT molecular complexity index is 1140. The summed E-state index contributed by atoms with van der Waals surface area (Å²) in [6, 6.07) is 6.74. The highest BCUT2D eigenvalue weighted by Crippen LogP contribution is 2.28. The molecule has 1 amide bonds.